The van der Waals surface area contributed by atoms with Crippen LogP contribution in [-0.4, -0.2) is 57.4 Å². The number of methoxy groups -OCH3 is 1. The van der Waals surface area contributed by atoms with E-state index < -0.39 is 0 Å². The summed E-state index contributed by atoms with van der Waals surface area (Å²) in [6, 6.07) is 8.49. The number of halogens is 1. The molecule has 2 aliphatic rings. The molecule has 1 aliphatic carbocycles. The molecule has 2 fully saturated rings. The van der Waals surface area contributed by atoms with Gasteiger partial charge in [-0.15, -0.1) is 24.0 Å². The summed E-state index contributed by atoms with van der Waals surface area (Å²) in [7, 11) is 1.71. The van der Waals surface area contributed by atoms with Gasteiger partial charge in [0.05, 0.1) is 7.11 Å². The SMILES string of the molecule is CCNC(=NCCCOCC1CC1)N1CCC(c2ccc(OC)cc2)C1.I. The second kappa shape index (κ2) is 11.7. The number of likely N-dealkylation sites (tertiary alicyclic amines) is 1. The second-order valence-corrected chi connectivity index (χ2v) is 7.31. The molecule has 1 atom stereocenters. The smallest absolute Gasteiger partial charge is 0.193 e. The summed E-state index contributed by atoms with van der Waals surface area (Å²) in [6.07, 6.45) is 4.87. The van der Waals surface area contributed by atoms with E-state index in [1.54, 1.807) is 7.11 Å². The van der Waals surface area contributed by atoms with Crippen LogP contribution in [-0.2, 0) is 4.74 Å². The third-order valence-corrected chi connectivity index (χ3v) is 5.17. The van der Waals surface area contributed by atoms with E-state index in [-0.39, 0.29) is 24.0 Å². The van der Waals surface area contributed by atoms with Crippen molar-refractivity contribution >= 4 is 29.9 Å². The molecule has 1 unspecified atom stereocenters. The van der Waals surface area contributed by atoms with Crippen LogP contribution in [0.1, 0.15) is 44.1 Å². The molecule has 6 heteroatoms. The second-order valence-electron chi connectivity index (χ2n) is 7.31. The molecular weight excluding hydrogens is 453 g/mol. The molecule has 1 aromatic carbocycles. The van der Waals surface area contributed by atoms with E-state index in [1.807, 2.05) is 0 Å². The van der Waals surface area contributed by atoms with Crippen molar-refractivity contribution in [1.29, 1.82) is 0 Å². The number of rotatable bonds is 9. The van der Waals surface area contributed by atoms with E-state index in [0.717, 1.165) is 63.4 Å². The highest BCUT2D eigenvalue weighted by molar-refractivity contribution is 14.0. The molecule has 1 N–H and O–H groups in total. The van der Waals surface area contributed by atoms with E-state index in [4.69, 9.17) is 14.5 Å². The van der Waals surface area contributed by atoms with Gasteiger partial charge in [-0.2, -0.15) is 0 Å². The number of ether oxygens (including phenoxy) is 2. The number of benzene rings is 1. The highest BCUT2D eigenvalue weighted by Gasteiger charge is 2.26. The van der Waals surface area contributed by atoms with Gasteiger partial charge >= 0.3 is 0 Å². The molecule has 27 heavy (non-hydrogen) atoms. The van der Waals surface area contributed by atoms with Crippen molar-refractivity contribution in [3.63, 3.8) is 0 Å². The van der Waals surface area contributed by atoms with E-state index in [9.17, 15) is 0 Å². The molecule has 1 saturated heterocycles. The zero-order valence-corrected chi connectivity index (χ0v) is 19.0. The van der Waals surface area contributed by atoms with Crippen LogP contribution in [0.25, 0.3) is 0 Å². The minimum absolute atomic E-state index is 0. The summed E-state index contributed by atoms with van der Waals surface area (Å²) >= 11 is 0. The molecule has 1 saturated carbocycles. The fraction of sp³-hybridized carbons (Fsp3) is 0.667. The van der Waals surface area contributed by atoms with Crippen molar-refractivity contribution < 1.29 is 9.47 Å². The van der Waals surface area contributed by atoms with Crippen molar-refractivity contribution in [2.24, 2.45) is 10.9 Å². The Hall–Kier alpha value is -1.02. The average molecular weight is 487 g/mol. The summed E-state index contributed by atoms with van der Waals surface area (Å²) in [5.41, 5.74) is 1.39. The Labute approximate surface area is 180 Å². The normalized spacial score (nSPS) is 19.7. The number of hydrogen-bond donors (Lipinski definition) is 1. The summed E-state index contributed by atoms with van der Waals surface area (Å²) < 4.78 is 11.0. The lowest BCUT2D eigenvalue weighted by Gasteiger charge is -2.22. The Kier molecular flexibility index (Phi) is 9.68. The molecule has 1 aliphatic heterocycles. The Morgan fingerprint density at radius 1 is 1.22 bits per heavy atom. The lowest BCUT2D eigenvalue weighted by molar-refractivity contribution is 0.123. The van der Waals surface area contributed by atoms with Gasteiger partial charge in [0.1, 0.15) is 5.75 Å². The number of nitrogens with one attached hydrogen (secondary N) is 1. The number of nitrogens with zero attached hydrogens (tertiary/aromatic N) is 2. The van der Waals surface area contributed by atoms with E-state index in [2.05, 4.69) is 41.4 Å². The van der Waals surface area contributed by atoms with Crippen molar-refractivity contribution in [3.05, 3.63) is 29.8 Å². The van der Waals surface area contributed by atoms with Crippen LogP contribution >= 0.6 is 24.0 Å². The number of aliphatic imine (C=N–C) groups is 1. The summed E-state index contributed by atoms with van der Waals surface area (Å²) in [6.45, 7) is 7.72. The molecule has 3 rings (SSSR count). The highest BCUT2D eigenvalue weighted by Crippen LogP contribution is 2.29. The molecule has 0 spiro atoms. The molecule has 0 aromatic heterocycles. The molecule has 0 amide bonds. The first kappa shape index (κ1) is 22.3. The van der Waals surface area contributed by atoms with E-state index >= 15 is 0 Å². The van der Waals surface area contributed by atoms with Gasteiger partial charge in [-0.3, -0.25) is 4.99 Å². The Balaban J connectivity index is 0.00000261. The predicted octanol–water partition coefficient (Wildman–Crippen LogP) is 3.88. The average Bonchev–Trinajstić information content (AvgIpc) is 3.37. The summed E-state index contributed by atoms with van der Waals surface area (Å²) in [5, 5.41) is 3.45. The van der Waals surface area contributed by atoms with Crippen LogP contribution in [0.2, 0.25) is 0 Å². The maximum atomic E-state index is 5.71. The van der Waals surface area contributed by atoms with Gasteiger partial charge in [0, 0.05) is 45.3 Å². The standard InChI is InChI=1S/C21H33N3O2.HI/c1-3-22-21(23-12-4-14-26-16-17-5-6-17)24-13-11-19(15-24)18-7-9-20(25-2)10-8-18;/h7-10,17,19H,3-6,11-16H2,1-2H3,(H,22,23);1H. The number of guanidine groups is 1. The Morgan fingerprint density at radius 2 is 2.00 bits per heavy atom. The molecule has 1 aromatic rings. The topological polar surface area (TPSA) is 46.1 Å². The third kappa shape index (κ3) is 7.14. The largest absolute Gasteiger partial charge is 0.497 e. The molecular formula is C21H34IN3O2. The minimum atomic E-state index is 0. The maximum absolute atomic E-state index is 5.71. The molecule has 0 radical (unpaired) electrons. The van der Waals surface area contributed by atoms with Gasteiger partial charge in [-0.05, 0) is 56.2 Å². The predicted molar refractivity (Wildman–Crippen MR) is 121 cm³/mol. The monoisotopic (exact) mass is 487 g/mol. The fourth-order valence-corrected chi connectivity index (χ4v) is 3.41. The van der Waals surface area contributed by atoms with E-state index in [1.165, 1.54) is 24.8 Å². The third-order valence-electron chi connectivity index (χ3n) is 5.17. The Bertz CT molecular complexity index is 575. The van der Waals surface area contributed by atoms with Crippen molar-refractivity contribution in [3.8, 4) is 5.75 Å². The summed E-state index contributed by atoms with van der Waals surface area (Å²) in [5.74, 6) is 3.37. The zero-order valence-electron chi connectivity index (χ0n) is 16.7. The van der Waals surface area contributed by atoms with Crippen molar-refractivity contribution in [1.82, 2.24) is 10.2 Å². The van der Waals surface area contributed by atoms with Gasteiger partial charge in [0.25, 0.3) is 0 Å². The van der Waals surface area contributed by atoms with Crippen LogP contribution in [0.4, 0.5) is 0 Å². The van der Waals surface area contributed by atoms with Gasteiger partial charge in [-0.25, -0.2) is 0 Å². The van der Waals surface area contributed by atoms with Crippen LogP contribution in [0.5, 0.6) is 5.75 Å². The van der Waals surface area contributed by atoms with E-state index in [0.29, 0.717) is 5.92 Å². The molecule has 0 bridgehead atoms. The Morgan fingerprint density at radius 3 is 2.67 bits per heavy atom. The van der Waals surface area contributed by atoms with Gasteiger partial charge in [0.2, 0.25) is 0 Å². The van der Waals surface area contributed by atoms with Crippen molar-refractivity contribution in [2.45, 2.75) is 38.5 Å². The minimum Gasteiger partial charge on any atom is -0.497 e. The van der Waals surface area contributed by atoms with Crippen LogP contribution < -0.4 is 10.1 Å². The number of hydrogen-bond acceptors (Lipinski definition) is 3. The van der Waals surface area contributed by atoms with Crippen LogP contribution in [0, 0.1) is 5.92 Å². The highest BCUT2D eigenvalue weighted by atomic mass is 127. The van der Waals surface area contributed by atoms with Gasteiger partial charge in [-0.1, -0.05) is 12.1 Å². The quantitative estimate of drug-likeness (QED) is 0.249. The van der Waals surface area contributed by atoms with Gasteiger partial charge < -0.3 is 19.7 Å². The first-order valence-electron chi connectivity index (χ1n) is 10.0. The molecule has 152 valence electrons. The fourth-order valence-electron chi connectivity index (χ4n) is 3.41. The first-order valence-corrected chi connectivity index (χ1v) is 10.0. The van der Waals surface area contributed by atoms with Crippen LogP contribution in [0.3, 0.4) is 0 Å². The molecule has 1 heterocycles. The molecule has 5 nitrogen and oxygen atoms in total. The lowest BCUT2D eigenvalue weighted by Crippen LogP contribution is -2.40. The maximum Gasteiger partial charge on any atom is 0.193 e. The summed E-state index contributed by atoms with van der Waals surface area (Å²) in [4.78, 5) is 7.21. The van der Waals surface area contributed by atoms with Gasteiger partial charge in [0.15, 0.2) is 5.96 Å². The van der Waals surface area contributed by atoms with Crippen molar-refractivity contribution in [2.75, 3.05) is 46.5 Å². The zero-order chi connectivity index (χ0) is 18.2. The van der Waals surface area contributed by atoms with Crippen LogP contribution in [0.15, 0.2) is 29.3 Å². The lowest BCUT2D eigenvalue weighted by atomic mass is 9.98. The first-order chi connectivity index (χ1) is 12.8.